The molecule has 0 radical (unpaired) electrons. The van der Waals surface area contributed by atoms with Crippen LogP contribution in [0.15, 0.2) is 47.4 Å². The molecule has 2 aromatic rings. The van der Waals surface area contributed by atoms with Crippen molar-refractivity contribution in [3.63, 3.8) is 0 Å². The number of para-hydroxylation sites is 1. The molecule has 3 rings (SSSR count). The molecular weight excluding hydrogens is 350 g/mol. The first-order valence-corrected chi connectivity index (χ1v) is 9.65. The number of hydrogen-bond donors (Lipinski definition) is 1. The molecule has 1 unspecified atom stereocenters. The lowest BCUT2D eigenvalue weighted by atomic mass is 10.00. The standard InChI is InChI=1S/C17H16ClNO4S/c1-24(21,22)16-10-11(6-7-13(16)18)17(20)19-14-8-9-23-15-5-3-2-4-12(14)15/h2-7,10,14H,8-9H2,1H3,(H,19,20). The average molecular weight is 366 g/mol. The predicted octanol–water partition coefficient (Wildman–Crippen LogP) is 3.00. The van der Waals surface area contributed by atoms with Gasteiger partial charge >= 0.3 is 0 Å². The minimum Gasteiger partial charge on any atom is -0.493 e. The Balaban J connectivity index is 1.87. The highest BCUT2D eigenvalue weighted by molar-refractivity contribution is 7.90. The maximum absolute atomic E-state index is 12.5. The van der Waals surface area contributed by atoms with E-state index in [0.29, 0.717) is 13.0 Å². The molecule has 126 valence electrons. The van der Waals surface area contributed by atoms with Gasteiger partial charge in [-0.05, 0) is 24.3 Å². The molecule has 24 heavy (non-hydrogen) atoms. The van der Waals surface area contributed by atoms with Crippen molar-refractivity contribution >= 4 is 27.3 Å². The van der Waals surface area contributed by atoms with Crippen LogP contribution < -0.4 is 10.1 Å². The normalized spacial score (nSPS) is 16.8. The Hall–Kier alpha value is -2.05. The molecule has 0 spiro atoms. The van der Waals surface area contributed by atoms with E-state index in [1.165, 1.54) is 18.2 Å². The van der Waals surface area contributed by atoms with Gasteiger partial charge in [-0.2, -0.15) is 0 Å². The quantitative estimate of drug-likeness (QED) is 0.907. The van der Waals surface area contributed by atoms with Crippen molar-refractivity contribution in [2.24, 2.45) is 0 Å². The van der Waals surface area contributed by atoms with Crippen molar-refractivity contribution in [2.45, 2.75) is 17.4 Å². The zero-order valence-corrected chi connectivity index (χ0v) is 14.5. The fourth-order valence-corrected chi connectivity index (χ4v) is 3.96. The first kappa shape index (κ1) is 16.8. The zero-order chi connectivity index (χ0) is 17.3. The molecule has 1 aliphatic rings. The van der Waals surface area contributed by atoms with E-state index < -0.39 is 9.84 Å². The van der Waals surface area contributed by atoms with Crippen molar-refractivity contribution in [2.75, 3.05) is 12.9 Å². The summed E-state index contributed by atoms with van der Waals surface area (Å²) < 4.78 is 29.1. The van der Waals surface area contributed by atoms with Gasteiger partial charge < -0.3 is 10.1 Å². The molecule has 0 saturated heterocycles. The highest BCUT2D eigenvalue weighted by atomic mass is 35.5. The van der Waals surface area contributed by atoms with Crippen LogP contribution in [-0.2, 0) is 9.84 Å². The molecule has 1 atom stereocenters. The fraction of sp³-hybridized carbons (Fsp3) is 0.235. The third-order valence-corrected chi connectivity index (χ3v) is 5.44. The first-order chi connectivity index (χ1) is 11.4. The molecule has 1 aliphatic heterocycles. The van der Waals surface area contributed by atoms with Crippen molar-refractivity contribution in [1.82, 2.24) is 5.32 Å². The second-order valence-corrected chi connectivity index (χ2v) is 8.01. The Labute approximate surface area is 145 Å². The summed E-state index contributed by atoms with van der Waals surface area (Å²) in [5.41, 5.74) is 1.16. The average Bonchev–Trinajstić information content (AvgIpc) is 2.54. The molecule has 0 fully saturated rings. The van der Waals surface area contributed by atoms with Crippen LogP contribution in [0.25, 0.3) is 0 Å². The molecule has 0 aliphatic carbocycles. The van der Waals surface area contributed by atoms with Gasteiger partial charge in [0.2, 0.25) is 0 Å². The van der Waals surface area contributed by atoms with Gasteiger partial charge in [-0.3, -0.25) is 4.79 Å². The zero-order valence-electron chi connectivity index (χ0n) is 13.0. The Kier molecular flexibility index (Phi) is 4.51. The number of rotatable bonds is 3. The third-order valence-electron chi connectivity index (χ3n) is 3.86. The summed E-state index contributed by atoms with van der Waals surface area (Å²) in [5, 5.41) is 3.03. The number of sulfone groups is 1. The summed E-state index contributed by atoms with van der Waals surface area (Å²) in [5.74, 6) is 0.403. The Morgan fingerprint density at radius 3 is 2.75 bits per heavy atom. The molecule has 1 amide bonds. The topological polar surface area (TPSA) is 72.5 Å². The molecule has 0 bridgehead atoms. The van der Waals surface area contributed by atoms with Gasteiger partial charge in [0, 0.05) is 23.8 Å². The maximum atomic E-state index is 12.5. The number of carbonyl (C=O) groups is 1. The lowest BCUT2D eigenvalue weighted by molar-refractivity contribution is 0.0924. The number of nitrogens with one attached hydrogen (secondary N) is 1. The van der Waals surface area contributed by atoms with Gasteiger partial charge in [-0.15, -0.1) is 0 Å². The number of amides is 1. The highest BCUT2D eigenvalue weighted by Gasteiger charge is 2.24. The molecule has 1 heterocycles. The van der Waals surface area contributed by atoms with Crippen LogP contribution in [-0.4, -0.2) is 27.2 Å². The van der Waals surface area contributed by atoms with Gasteiger partial charge in [0.15, 0.2) is 9.84 Å². The van der Waals surface area contributed by atoms with Crippen molar-refractivity contribution in [1.29, 1.82) is 0 Å². The molecule has 2 aromatic carbocycles. The van der Waals surface area contributed by atoms with Crippen molar-refractivity contribution in [3.8, 4) is 5.75 Å². The van der Waals surface area contributed by atoms with Gasteiger partial charge in [0.25, 0.3) is 5.91 Å². The Bertz CT molecular complexity index is 895. The van der Waals surface area contributed by atoms with Crippen LogP contribution in [0.4, 0.5) is 0 Å². The summed E-state index contributed by atoms with van der Waals surface area (Å²) in [4.78, 5) is 12.5. The van der Waals surface area contributed by atoms with Crippen molar-refractivity contribution in [3.05, 3.63) is 58.6 Å². The summed E-state index contributed by atoms with van der Waals surface area (Å²) in [6.07, 6.45) is 1.71. The molecule has 7 heteroatoms. The number of benzene rings is 2. The summed E-state index contributed by atoms with van der Waals surface area (Å²) >= 11 is 5.92. The monoisotopic (exact) mass is 365 g/mol. The summed E-state index contributed by atoms with van der Waals surface area (Å²) in [6, 6.07) is 11.6. The SMILES string of the molecule is CS(=O)(=O)c1cc(C(=O)NC2CCOc3ccccc32)ccc1Cl. The highest BCUT2D eigenvalue weighted by Crippen LogP contribution is 2.32. The Morgan fingerprint density at radius 2 is 2.00 bits per heavy atom. The second kappa shape index (κ2) is 6.45. The van der Waals surface area contributed by atoms with E-state index in [0.717, 1.165) is 17.6 Å². The first-order valence-electron chi connectivity index (χ1n) is 7.38. The van der Waals surface area contributed by atoms with E-state index in [-0.39, 0.29) is 27.4 Å². The predicted molar refractivity (Wildman–Crippen MR) is 91.3 cm³/mol. The smallest absolute Gasteiger partial charge is 0.251 e. The fourth-order valence-electron chi connectivity index (χ4n) is 2.66. The second-order valence-electron chi connectivity index (χ2n) is 5.62. The minimum atomic E-state index is -3.50. The van der Waals surface area contributed by atoms with Crippen LogP contribution in [0.1, 0.15) is 28.4 Å². The van der Waals surface area contributed by atoms with Gasteiger partial charge in [0.1, 0.15) is 5.75 Å². The number of fused-ring (bicyclic) bond motifs is 1. The lowest BCUT2D eigenvalue weighted by Gasteiger charge is -2.26. The maximum Gasteiger partial charge on any atom is 0.251 e. The van der Waals surface area contributed by atoms with E-state index in [4.69, 9.17) is 16.3 Å². The largest absolute Gasteiger partial charge is 0.493 e. The van der Waals surface area contributed by atoms with Crippen molar-refractivity contribution < 1.29 is 17.9 Å². The third kappa shape index (κ3) is 3.39. The van der Waals surface area contributed by atoms with Crippen LogP contribution in [0.2, 0.25) is 5.02 Å². The molecule has 1 N–H and O–H groups in total. The van der Waals surface area contributed by atoms with E-state index >= 15 is 0 Å². The number of hydrogen-bond acceptors (Lipinski definition) is 4. The van der Waals surface area contributed by atoms with E-state index in [2.05, 4.69) is 5.32 Å². The van der Waals surface area contributed by atoms with E-state index in [1.54, 1.807) is 0 Å². The number of halogens is 1. The van der Waals surface area contributed by atoms with Gasteiger partial charge in [-0.25, -0.2) is 8.42 Å². The van der Waals surface area contributed by atoms with Gasteiger partial charge in [-0.1, -0.05) is 29.8 Å². The van der Waals surface area contributed by atoms with Gasteiger partial charge in [0.05, 0.1) is 22.6 Å². The van der Waals surface area contributed by atoms with E-state index in [9.17, 15) is 13.2 Å². The molecule has 0 aromatic heterocycles. The number of carbonyl (C=O) groups excluding carboxylic acids is 1. The molecule has 0 saturated carbocycles. The van der Waals surface area contributed by atoms with E-state index in [1.807, 2.05) is 24.3 Å². The van der Waals surface area contributed by atoms with Crippen LogP contribution in [0, 0.1) is 0 Å². The molecular formula is C17H16ClNO4S. The van der Waals surface area contributed by atoms with Crippen LogP contribution in [0.5, 0.6) is 5.75 Å². The molecule has 5 nitrogen and oxygen atoms in total. The minimum absolute atomic E-state index is 0.0517. The number of ether oxygens (including phenoxy) is 1. The Morgan fingerprint density at radius 1 is 1.25 bits per heavy atom. The van der Waals surface area contributed by atoms with Crippen LogP contribution >= 0.6 is 11.6 Å². The lowest BCUT2D eigenvalue weighted by Crippen LogP contribution is -2.32. The van der Waals surface area contributed by atoms with Crippen LogP contribution in [0.3, 0.4) is 0 Å². The summed E-state index contributed by atoms with van der Waals surface area (Å²) in [6.45, 7) is 0.511. The summed E-state index contributed by atoms with van der Waals surface area (Å²) in [7, 11) is -3.50.